The number of nitrogens with zero attached hydrogens (tertiary/aromatic N) is 2. The van der Waals surface area contributed by atoms with E-state index in [1.165, 1.54) is 12.1 Å². The quantitative estimate of drug-likeness (QED) is 0.882. The topological polar surface area (TPSA) is 66.1 Å². The minimum atomic E-state index is -3.16. The number of H-pyrrole nitrogens is 1. The molecule has 0 aliphatic carbocycles. The number of rotatable bonds is 6. The standard InChI is InChI=1S/C17H23N3O2S/c21-23(22,16-7-2-1-3-8-16)13-5-12-20-11-4-6-15(14-20)17-9-10-18-19-17/h1-3,7-10,15H,4-6,11-14H2,(H,18,19). The van der Waals surface area contributed by atoms with E-state index in [0.29, 0.717) is 17.2 Å². The molecular weight excluding hydrogens is 310 g/mol. The van der Waals surface area contributed by atoms with Crippen molar-refractivity contribution in [2.45, 2.75) is 30.1 Å². The van der Waals surface area contributed by atoms with Gasteiger partial charge in [-0.15, -0.1) is 0 Å². The van der Waals surface area contributed by atoms with Crippen LogP contribution in [0.5, 0.6) is 0 Å². The molecular formula is C17H23N3O2S. The van der Waals surface area contributed by atoms with Gasteiger partial charge in [-0.05, 0) is 50.6 Å². The van der Waals surface area contributed by atoms with Crippen LogP contribution in [0.15, 0.2) is 47.5 Å². The average molecular weight is 333 g/mol. The molecule has 1 aromatic heterocycles. The zero-order chi connectivity index (χ0) is 16.1. The van der Waals surface area contributed by atoms with E-state index in [0.717, 1.165) is 26.1 Å². The fraction of sp³-hybridized carbons (Fsp3) is 0.471. The molecule has 2 aromatic rings. The molecule has 2 heterocycles. The Morgan fingerprint density at radius 3 is 2.78 bits per heavy atom. The van der Waals surface area contributed by atoms with Gasteiger partial charge >= 0.3 is 0 Å². The van der Waals surface area contributed by atoms with E-state index >= 15 is 0 Å². The predicted octanol–water partition coefficient (Wildman–Crippen LogP) is 2.45. The number of aromatic amines is 1. The van der Waals surface area contributed by atoms with Crippen molar-refractivity contribution in [1.29, 1.82) is 0 Å². The first-order valence-electron chi connectivity index (χ1n) is 8.14. The lowest BCUT2D eigenvalue weighted by atomic mass is 9.95. The minimum absolute atomic E-state index is 0.211. The Labute approximate surface area is 137 Å². The zero-order valence-corrected chi connectivity index (χ0v) is 14.0. The SMILES string of the molecule is O=S(=O)(CCCN1CCCC(c2ccn[nH]2)C1)c1ccccc1. The molecule has 1 N–H and O–H groups in total. The maximum Gasteiger partial charge on any atom is 0.178 e. The lowest BCUT2D eigenvalue weighted by Gasteiger charge is -2.32. The van der Waals surface area contributed by atoms with E-state index in [2.05, 4.69) is 15.1 Å². The monoisotopic (exact) mass is 333 g/mol. The van der Waals surface area contributed by atoms with Gasteiger partial charge in [-0.2, -0.15) is 5.10 Å². The number of hydrogen-bond acceptors (Lipinski definition) is 4. The molecule has 0 radical (unpaired) electrons. The van der Waals surface area contributed by atoms with Crippen molar-refractivity contribution in [3.05, 3.63) is 48.3 Å². The molecule has 0 bridgehead atoms. The predicted molar refractivity (Wildman–Crippen MR) is 90.1 cm³/mol. The number of likely N-dealkylation sites (tertiary alicyclic amines) is 1. The molecule has 3 rings (SSSR count). The van der Waals surface area contributed by atoms with Crippen LogP contribution in [0.4, 0.5) is 0 Å². The summed E-state index contributed by atoms with van der Waals surface area (Å²) in [6.07, 6.45) is 4.78. The summed E-state index contributed by atoms with van der Waals surface area (Å²) in [6, 6.07) is 10.8. The van der Waals surface area contributed by atoms with Gasteiger partial charge < -0.3 is 4.90 Å². The Morgan fingerprint density at radius 2 is 2.04 bits per heavy atom. The first kappa shape index (κ1) is 16.2. The van der Waals surface area contributed by atoms with Crippen LogP contribution in [-0.2, 0) is 9.84 Å². The molecule has 124 valence electrons. The summed E-state index contributed by atoms with van der Waals surface area (Å²) in [5.74, 6) is 0.694. The van der Waals surface area contributed by atoms with E-state index in [-0.39, 0.29) is 5.75 Å². The van der Waals surface area contributed by atoms with E-state index < -0.39 is 9.84 Å². The second-order valence-corrected chi connectivity index (χ2v) is 8.25. The Bertz CT molecular complexity index is 699. The second kappa shape index (κ2) is 7.27. The van der Waals surface area contributed by atoms with Crippen molar-refractivity contribution < 1.29 is 8.42 Å². The summed E-state index contributed by atoms with van der Waals surface area (Å²) in [5, 5.41) is 7.08. The van der Waals surface area contributed by atoms with Crippen LogP contribution in [-0.4, -0.2) is 48.9 Å². The molecule has 6 heteroatoms. The van der Waals surface area contributed by atoms with Crippen molar-refractivity contribution in [3.8, 4) is 0 Å². The maximum atomic E-state index is 12.3. The first-order valence-corrected chi connectivity index (χ1v) is 9.80. The van der Waals surface area contributed by atoms with E-state index in [1.807, 2.05) is 12.1 Å². The van der Waals surface area contributed by atoms with E-state index in [1.54, 1.807) is 30.5 Å². The van der Waals surface area contributed by atoms with Gasteiger partial charge in [-0.1, -0.05) is 18.2 Å². The van der Waals surface area contributed by atoms with E-state index in [4.69, 9.17) is 0 Å². The third-order valence-corrected chi connectivity index (χ3v) is 6.27. The van der Waals surface area contributed by atoms with Crippen molar-refractivity contribution in [2.75, 3.05) is 25.4 Å². The van der Waals surface area contributed by atoms with Crippen LogP contribution in [0.3, 0.4) is 0 Å². The summed E-state index contributed by atoms with van der Waals surface area (Å²) in [6.45, 7) is 2.86. The van der Waals surface area contributed by atoms with Gasteiger partial charge in [0.2, 0.25) is 0 Å². The fourth-order valence-corrected chi connectivity index (χ4v) is 4.55. The summed E-state index contributed by atoms with van der Waals surface area (Å²) in [7, 11) is -3.16. The van der Waals surface area contributed by atoms with Crippen molar-refractivity contribution in [3.63, 3.8) is 0 Å². The molecule has 0 spiro atoms. The molecule has 1 aliphatic heterocycles. The lowest BCUT2D eigenvalue weighted by molar-refractivity contribution is 0.207. The van der Waals surface area contributed by atoms with Crippen LogP contribution in [0, 0.1) is 0 Å². The van der Waals surface area contributed by atoms with Crippen LogP contribution in [0.2, 0.25) is 0 Å². The first-order chi connectivity index (χ1) is 11.1. The molecule has 1 atom stereocenters. The highest BCUT2D eigenvalue weighted by atomic mass is 32.2. The van der Waals surface area contributed by atoms with Gasteiger partial charge in [0.05, 0.1) is 10.6 Å². The number of sulfone groups is 1. The molecule has 0 saturated carbocycles. The van der Waals surface area contributed by atoms with Crippen molar-refractivity contribution >= 4 is 9.84 Å². The molecule has 1 aromatic carbocycles. The van der Waals surface area contributed by atoms with Gasteiger partial charge in [0.15, 0.2) is 9.84 Å². The second-order valence-electron chi connectivity index (χ2n) is 6.14. The minimum Gasteiger partial charge on any atom is -0.303 e. The van der Waals surface area contributed by atoms with Crippen LogP contribution < -0.4 is 0 Å². The average Bonchev–Trinajstić information content (AvgIpc) is 3.10. The number of benzene rings is 1. The van der Waals surface area contributed by atoms with Crippen LogP contribution >= 0.6 is 0 Å². The Kier molecular flexibility index (Phi) is 5.13. The van der Waals surface area contributed by atoms with Crippen molar-refractivity contribution in [2.24, 2.45) is 0 Å². The number of aromatic nitrogens is 2. The van der Waals surface area contributed by atoms with Gasteiger partial charge in [-0.3, -0.25) is 5.10 Å². The zero-order valence-electron chi connectivity index (χ0n) is 13.2. The summed E-state index contributed by atoms with van der Waals surface area (Å²) < 4.78 is 24.6. The van der Waals surface area contributed by atoms with Gasteiger partial charge in [0.1, 0.15) is 0 Å². The molecule has 1 unspecified atom stereocenters. The molecule has 0 amide bonds. The number of piperidine rings is 1. The van der Waals surface area contributed by atoms with Gasteiger partial charge in [0, 0.05) is 24.4 Å². The fourth-order valence-electron chi connectivity index (χ4n) is 3.23. The summed E-state index contributed by atoms with van der Waals surface area (Å²) in [4.78, 5) is 2.80. The van der Waals surface area contributed by atoms with Crippen LogP contribution in [0.25, 0.3) is 0 Å². The highest BCUT2D eigenvalue weighted by molar-refractivity contribution is 7.91. The molecule has 1 aliphatic rings. The van der Waals surface area contributed by atoms with E-state index in [9.17, 15) is 8.42 Å². The highest BCUT2D eigenvalue weighted by Crippen LogP contribution is 2.25. The summed E-state index contributed by atoms with van der Waals surface area (Å²) in [5.41, 5.74) is 1.19. The van der Waals surface area contributed by atoms with Crippen molar-refractivity contribution in [1.82, 2.24) is 15.1 Å². The van der Waals surface area contributed by atoms with Gasteiger partial charge in [0.25, 0.3) is 0 Å². The Morgan fingerprint density at radius 1 is 1.22 bits per heavy atom. The highest BCUT2D eigenvalue weighted by Gasteiger charge is 2.22. The molecule has 23 heavy (non-hydrogen) atoms. The third-order valence-electron chi connectivity index (χ3n) is 4.46. The molecule has 1 fully saturated rings. The normalized spacial score (nSPS) is 19.7. The number of hydrogen-bond donors (Lipinski definition) is 1. The van der Waals surface area contributed by atoms with Crippen LogP contribution in [0.1, 0.15) is 30.9 Å². The third kappa shape index (κ3) is 4.20. The largest absolute Gasteiger partial charge is 0.303 e. The summed E-state index contributed by atoms with van der Waals surface area (Å²) >= 11 is 0. The molecule has 1 saturated heterocycles. The Hall–Kier alpha value is -1.66. The smallest absolute Gasteiger partial charge is 0.178 e. The maximum absolute atomic E-state index is 12.3. The number of nitrogens with one attached hydrogen (secondary N) is 1. The molecule has 5 nitrogen and oxygen atoms in total. The van der Waals surface area contributed by atoms with Gasteiger partial charge in [-0.25, -0.2) is 8.42 Å². The Balaban J connectivity index is 1.51. The lowest BCUT2D eigenvalue weighted by Crippen LogP contribution is -2.35.